The number of likely N-dealkylation sites (tertiary alicyclic amines) is 1. The van der Waals surface area contributed by atoms with Gasteiger partial charge in [0.15, 0.2) is 5.60 Å². The third kappa shape index (κ3) is 3.49. The van der Waals surface area contributed by atoms with Crippen LogP contribution in [-0.4, -0.2) is 50.2 Å². The van der Waals surface area contributed by atoms with E-state index in [1.165, 1.54) is 0 Å². The Labute approximate surface area is 159 Å². The Kier molecular flexibility index (Phi) is 4.86. The number of carboxylic acid groups (broad SMARTS) is 1. The second-order valence-electron chi connectivity index (χ2n) is 7.60. The first-order valence-corrected chi connectivity index (χ1v) is 9.15. The number of rotatable bonds is 3. The molecule has 6 nitrogen and oxygen atoms in total. The van der Waals surface area contributed by atoms with Crippen molar-refractivity contribution in [3.05, 3.63) is 52.3 Å². The molecule has 6 heteroatoms. The summed E-state index contributed by atoms with van der Waals surface area (Å²) in [7, 11) is 0. The van der Waals surface area contributed by atoms with Crippen LogP contribution in [-0.2, 0) is 4.79 Å². The molecule has 1 amide bonds. The summed E-state index contributed by atoms with van der Waals surface area (Å²) in [5.41, 5.74) is 4.07. The molecule has 144 valence electrons. The van der Waals surface area contributed by atoms with Crippen molar-refractivity contribution in [1.82, 2.24) is 9.47 Å². The number of aliphatic carboxylic acids is 1. The maximum Gasteiger partial charge on any atom is 0.335 e. The standard InChI is InChI=1S/C21H26N2O4/c1-13-9-14(2)11-17(10-13)23-15(3)12-18(16(23)4)19(24)22-7-5-21(27,6-8-22)20(25)26/h9-12,27H,5-8H2,1-4H3,(H,25,26). The first-order chi connectivity index (χ1) is 12.6. The largest absolute Gasteiger partial charge is 0.479 e. The van der Waals surface area contributed by atoms with Gasteiger partial charge in [-0.15, -0.1) is 0 Å². The van der Waals surface area contributed by atoms with E-state index in [4.69, 9.17) is 5.11 Å². The van der Waals surface area contributed by atoms with Gasteiger partial charge >= 0.3 is 5.97 Å². The molecule has 2 N–H and O–H groups in total. The number of carbonyl (C=O) groups excluding carboxylic acids is 1. The van der Waals surface area contributed by atoms with Gasteiger partial charge in [0.2, 0.25) is 0 Å². The number of piperidine rings is 1. The lowest BCUT2D eigenvalue weighted by molar-refractivity contribution is -0.162. The highest BCUT2D eigenvalue weighted by Gasteiger charge is 2.40. The van der Waals surface area contributed by atoms with Gasteiger partial charge in [-0.05, 0) is 57.0 Å². The van der Waals surface area contributed by atoms with Crippen molar-refractivity contribution < 1.29 is 19.8 Å². The molecule has 0 radical (unpaired) electrons. The highest BCUT2D eigenvalue weighted by atomic mass is 16.4. The first-order valence-electron chi connectivity index (χ1n) is 9.15. The third-order valence-electron chi connectivity index (χ3n) is 5.40. The molecule has 1 aromatic heterocycles. The van der Waals surface area contributed by atoms with Crippen LogP contribution in [0.1, 0.15) is 45.7 Å². The Morgan fingerprint density at radius 1 is 0.963 bits per heavy atom. The van der Waals surface area contributed by atoms with Gasteiger partial charge < -0.3 is 19.7 Å². The summed E-state index contributed by atoms with van der Waals surface area (Å²) in [6.45, 7) is 8.46. The Morgan fingerprint density at radius 3 is 2.04 bits per heavy atom. The summed E-state index contributed by atoms with van der Waals surface area (Å²) in [6.07, 6.45) is 0.0910. The molecule has 0 unspecified atom stereocenters. The molecule has 2 heterocycles. The fourth-order valence-electron chi connectivity index (χ4n) is 3.92. The van der Waals surface area contributed by atoms with Crippen LogP contribution < -0.4 is 0 Å². The highest BCUT2D eigenvalue weighted by molar-refractivity contribution is 5.96. The van der Waals surface area contributed by atoms with E-state index in [9.17, 15) is 14.7 Å². The van der Waals surface area contributed by atoms with E-state index in [0.29, 0.717) is 5.56 Å². The molecule has 0 atom stereocenters. The van der Waals surface area contributed by atoms with E-state index < -0.39 is 11.6 Å². The van der Waals surface area contributed by atoms with Crippen LogP contribution in [0.4, 0.5) is 0 Å². The summed E-state index contributed by atoms with van der Waals surface area (Å²) in [4.78, 5) is 25.8. The molecular formula is C21H26N2O4. The van der Waals surface area contributed by atoms with E-state index >= 15 is 0 Å². The third-order valence-corrected chi connectivity index (χ3v) is 5.40. The van der Waals surface area contributed by atoms with Crippen molar-refractivity contribution in [1.29, 1.82) is 0 Å². The second kappa shape index (κ2) is 6.85. The van der Waals surface area contributed by atoms with Crippen molar-refractivity contribution in [3.63, 3.8) is 0 Å². The average molecular weight is 370 g/mol. The highest BCUT2D eigenvalue weighted by Crippen LogP contribution is 2.27. The Morgan fingerprint density at radius 2 is 1.52 bits per heavy atom. The molecule has 1 aliphatic heterocycles. The minimum atomic E-state index is -1.73. The van der Waals surface area contributed by atoms with Crippen molar-refractivity contribution in [2.75, 3.05) is 13.1 Å². The van der Waals surface area contributed by atoms with Gasteiger partial charge in [0, 0.05) is 43.0 Å². The molecule has 0 bridgehead atoms. The summed E-state index contributed by atoms with van der Waals surface area (Å²) in [6, 6.07) is 8.18. The monoisotopic (exact) mass is 370 g/mol. The summed E-state index contributed by atoms with van der Waals surface area (Å²) >= 11 is 0. The Bertz CT molecular complexity index is 885. The Hall–Kier alpha value is -2.60. The van der Waals surface area contributed by atoms with Gasteiger partial charge in [-0.3, -0.25) is 4.79 Å². The predicted molar refractivity (Wildman–Crippen MR) is 102 cm³/mol. The van der Waals surface area contributed by atoms with Crippen LogP contribution in [0.25, 0.3) is 5.69 Å². The van der Waals surface area contributed by atoms with Gasteiger partial charge in [-0.1, -0.05) is 6.07 Å². The molecule has 1 fully saturated rings. The molecule has 3 rings (SSSR count). The van der Waals surface area contributed by atoms with E-state index in [0.717, 1.165) is 28.2 Å². The second-order valence-corrected chi connectivity index (χ2v) is 7.60. The van der Waals surface area contributed by atoms with Gasteiger partial charge in [-0.25, -0.2) is 4.79 Å². The van der Waals surface area contributed by atoms with Crippen LogP contribution in [0.15, 0.2) is 24.3 Å². The number of carbonyl (C=O) groups is 2. The lowest BCUT2D eigenvalue weighted by Crippen LogP contribution is -2.50. The van der Waals surface area contributed by atoms with E-state index in [1.807, 2.05) is 33.8 Å². The maximum atomic E-state index is 13.0. The number of aromatic nitrogens is 1. The SMILES string of the molecule is Cc1cc(C)cc(-n2c(C)cc(C(=O)N3CCC(O)(C(=O)O)CC3)c2C)c1. The number of nitrogens with zero attached hydrogens (tertiary/aromatic N) is 2. The van der Waals surface area contributed by atoms with Gasteiger partial charge in [0.05, 0.1) is 5.56 Å². The number of hydrogen-bond acceptors (Lipinski definition) is 3. The van der Waals surface area contributed by atoms with Crippen molar-refractivity contribution in [2.24, 2.45) is 0 Å². The number of aliphatic hydroxyl groups is 1. The lowest BCUT2D eigenvalue weighted by atomic mass is 9.91. The molecule has 1 saturated heterocycles. The van der Waals surface area contributed by atoms with Crippen molar-refractivity contribution in [3.8, 4) is 5.69 Å². The molecular weight excluding hydrogens is 344 g/mol. The Balaban J connectivity index is 1.88. The van der Waals surface area contributed by atoms with Crippen LogP contribution in [0.2, 0.25) is 0 Å². The van der Waals surface area contributed by atoms with Crippen LogP contribution in [0.5, 0.6) is 0 Å². The molecule has 0 spiro atoms. The molecule has 1 aliphatic rings. The zero-order chi connectivity index (χ0) is 19.9. The van der Waals surface area contributed by atoms with Crippen LogP contribution >= 0.6 is 0 Å². The zero-order valence-electron chi connectivity index (χ0n) is 16.2. The van der Waals surface area contributed by atoms with Gasteiger partial charge in [0.1, 0.15) is 0 Å². The van der Waals surface area contributed by atoms with E-state index in [1.54, 1.807) is 4.90 Å². The predicted octanol–water partition coefficient (Wildman–Crippen LogP) is 2.76. The minimum Gasteiger partial charge on any atom is -0.479 e. The molecule has 1 aromatic carbocycles. The summed E-state index contributed by atoms with van der Waals surface area (Å²) in [5, 5.41) is 19.2. The maximum absolute atomic E-state index is 13.0. The molecule has 0 saturated carbocycles. The number of hydrogen-bond donors (Lipinski definition) is 2. The fourth-order valence-corrected chi connectivity index (χ4v) is 3.92. The van der Waals surface area contributed by atoms with Crippen molar-refractivity contribution >= 4 is 11.9 Å². The average Bonchev–Trinajstić information content (AvgIpc) is 2.88. The van der Waals surface area contributed by atoms with E-state index in [2.05, 4.69) is 22.8 Å². The van der Waals surface area contributed by atoms with Crippen LogP contribution in [0, 0.1) is 27.7 Å². The lowest BCUT2D eigenvalue weighted by Gasteiger charge is -2.35. The number of benzene rings is 1. The fraction of sp³-hybridized carbons (Fsp3) is 0.429. The number of aryl methyl sites for hydroxylation is 3. The zero-order valence-corrected chi connectivity index (χ0v) is 16.2. The number of amides is 1. The number of carboxylic acids is 1. The topological polar surface area (TPSA) is 82.8 Å². The summed E-state index contributed by atoms with van der Waals surface area (Å²) in [5.74, 6) is -1.34. The molecule has 27 heavy (non-hydrogen) atoms. The van der Waals surface area contributed by atoms with Gasteiger partial charge in [0.25, 0.3) is 5.91 Å². The first kappa shape index (κ1) is 19.2. The smallest absolute Gasteiger partial charge is 0.335 e. The summed E-state index contributed by atoms with van der Waals surface area (Å²) < 4.78 is 2.07. The normalized spacial score (nSPS) is 16.4. The van der Waals surface area contributed by atoms with Crippen molar-refractivity contribution in [2.45, 2.75) is 46.1 Å². The quantitative estimate of drug-likeness (QED) is 0.870. The molecule has 0 aliphatic carbocycles. The van der Waals surface area contributed by atoms with E-state index in [-0.39, 0.29) is 31.8 Å². The van der Waals surface area contributed by atoms with Crippen LogP contribution in [0.3, 0.4) is 0 Å². The molecule has 2 aromatic rings. The minimum absolute atomic E-state index is 0.0455. The van der Waals surface area contributed by atoms with Gasteiger partial charge in [-0.2, -0.15) is 0 Å².